The SMILES string of the molecule is CC(Sc1nnc(-c2ccccc2F)n1C1CC1)C(=O)Nc1ccc(F)c([N+](=O)[O-])c1. The van der Waals surface area contributed by atoms with E-state index in [1.54, 1.807) is 25.1 Å². The molecule has 4 rings (SSSR count). The predicted octanol–water partition coefficient (Wildman–Crippen LogP) is 4.59. The largest absolute Gasteiger partial charge is 0.325 e. The minimum Gasteiger partial charge on any atom is -0.325 e. The molecule has 31 heavy (non-hydrogen) atoms. The van der Waals surface area contributed by atoms with E-state index in [1.807, 2.05) is 4.57 Å². The maximum Gasteiger partial charge on any atom is 0.306 e. The van der Waals surface area contributed by atoms with Crippen LogP contribution in [-0.2, 0) is 4.79 Å². The van der Waals surface area contributed by atoms with Crippen LogP contribution < -0.4 is 5.32 Å². The average molecular weight is 445 g/mol. The number of aromatic nitrogens is 3. The zero-order chi connectivity index (χ0) is 22.1. The lowest BCUT2D eigenvalue weighted by atomic mass is 10.2. The Morgan fingerprint density at radius 1 is 1.23 bits per heavy atom. The summed E-state index contributed by atoms with van der Waals surface area (Å²) in [5.74, 6) is -1.42. The van der Waals surface area contributed by atoms with Crippen molar-refractivity contribution >= 4 is 29.0 Å². The number of anilines is 1. The van der Waals surface area contributed by atoms with E-state index in [-0.39, 0.29) is 11.7 Å². The van der Waals surface area contributed by atoms with Gasteiger partial charge in [-0.25, -0.2) is 4.39 Å². The van der Waals surface area contributed by atoms with Gasteiger partial charge in [0, 0.05) is 17.8 Å². The smallest absolute Gasteiger partial charge is 0.306 e. The zero-order valence-corrected chi connectivity index (χ0v) is 17.1. The topological polar surface area (TPSA) is 103 Å². The molecular formula is C20H17F2N5O3S. The Bertz CT molecular complexity index is 1170. The molecule has 1 amide bonds. The van der Waals surface area contributed by atoms with Gasteiger partial charge in [0.15, 0.2) is 11.0 Å². The van der Waals surface area contributed by atoms with Crippen LogP contribution in [0, 0.1) is 21.7 Å². The van der Waals surface area contributed by atoms with E-state index in [9.17, 15) is 23.7 Å². The van der Waals surface area contributed by atoms with Crippen molar-refractivity contribution in [2.45, 2.75) is 36.2 Å². The van der Waals surface area contributed by atoms with Gasteiger partial charge in [-0.05, 0) is 44.0 Å². The van der Waals surface area contributed by atoms with Gasteiger partial charge in [-0.3, -0.25) is 19.5 Å². The van der Waals surface area contributed by atoms with Crippen LogP contribution in [-0.4, -0.2) is 30.8 Å². The summed E-state index contributed by atoms with van der Waals surface area (Å²) in [6.07, 6.45) is 1.82. The zero-order valence-electron chi connectivity index (χ0n) is 16.3. The summed E-state index contributed by atoms with van der Waals surface area (Å²) in [6.45, 7) is 1.65. The first-order valence-electron chi connectivity index (χ1n) is 9.46. The van der Waals surface area contributed by atoms with Crippen molar-refractivity contribution in [2.24, 2.45) is 0 Å². The van der Waals surface area contributed by atoms with E-state index in [4.69, 9.17) is 0 Å². The van der Waals surface area contributed by atoms with E-state index in [0.717, 1.165) is 36.7 Å². The van der Waals surface area contributed by atoms with Gasteiger partial charge < -0.3 is 5.32 Å². The molecule has 1 aliphatic rings. The molecule has 0 bridgehead atoms. The number of benzene rings is 2. The fourth-order valence-corrected chi connectivity index (χ4v) is 3.95. The van der Waals surface area contributed by atoms with Crippen molar-refractivity contribution in [2.75, 3.05) is 5.32 Å². The fraction of sp³-hybridized carbons (Fsp3) is 0.250. The first-order chi connectivity index (χ1) is 14.8. The van der Waals surface area contributed by atoms with Crippen LogP contribution >= 0.6 is 11.8 Å². The van der Waals surface area contributed by atoms with Gasteiger partial charge in [0.2, 0.25) is 11.7 Å². The number of hydrogen-bond donors (Lipinski definition) is 1. The number of nitro groups is 1. The standard InChI is InChI=1S/C20H17F2N5O3S/c1-11(19(28)23-12-6-9-16(22)17(10-12)27(29)30)31-20-25-24-18(26(20)13-7-8-13)14-4-2-3-5-15(14)21/h2-6,9-11,13H,7-8H2,1H3,(H,23,28). The van der Waals surface area contributed by atoms with Crippen molar-refractivity contribution in [3.8, 4) is 11.4 Å². The number of carbonyl (C=O) groups is 1. The van der Waals surface area contributed by atoms with Crippen molar-refractivity contribution in [3.63, 3.8) is 0 Å². The summed E-state index contributed by atoms with van der Waals surface area (Å²) in [5, 5.41) is 21.6. The summed E-state index contributed by atoms with van der Waals surface area (Å²) in [7, 11) is 0. The van der Waals surface area contributed by atoms with E-state index in [1.165, 1.54) is 12.1 Å². The lowest BCUT2D eigenvalue weighted by Crippen LogP contribution is -2.23. The van der Waals surface area contributed by atoms with Crippen molar-refractivity contribution in [1.29, 1.82) is 0 Å². The van der Waals surface area contributed by atoms with Crippen LogP contribution in [0.5, 0.6) is 0 Å². The summed E-state index contributed by atoms with van der Waals surface area (Å²) in [4.78, 5) is 22.6. The lowest BCUT2D eigenvalue weighted by molar-refractivity contribution is -0.387. The van der Waals surface area contributed by atoms with Crippen LogP contribution in [0.25, 0.3) is 11.4 Å². The predicted molar refractivity (Wildman–Crippen MR) is 111 cm³/mol. The van der Waals surface area contributed by atoms with E-state index >= 15 is 0 Å². The minimum atomic E-state index is -0.983. The van der Waals surface area contributed by atoms with Gasteiger partial charge in [0.05, 0.1) is 15.7 Å². The molecule has 1 N–H and O–H groups in total. The third-order valence-electron chi connectivity index (χ3n) is 4.75. The summed E-state index contributed by atoms with van der Waals surface area (Å²) >= 11 is 1.15. The molecule has 0 radical (unpaired) electrons. The van der Waals surface area contributed by atoms with Gasteiger partial charge in [-0.15, -0.1) is 10.2 Å². The van der Waals surface area contributed by atoms with E-state index in [0.29, 0.717) is 16.5 Å². The molecule has 1 unspecified atom stereocenters. The monoisotopic (exact) mass is 445 g/mol. The van der Waals surface area contributed by atoms with Gasteiger partial charge in [-0.1, -0.05) is 23.9 Å². The fourth-order valence-electron chi connectivity index (χ4n) is 3.03. The molecule has 1 saturated carbocycles. The summed E-state index contributed by atoms with van der Waals surface area (Å²) in [6, 6.07) is 9.58. The molecule has 1 aliphatic carbocycles. The Morgan fingerprint density at radius 2 is 1.97 bits per heavy atom. The number of rotatable bonds is 7. The minimum absolute atomic E-state index is 0.112. The number of nitrogens with zero attached hydrogens (tertiary/aromatic N) is 4. The molecular weight excluding hydrogens is 428 g/mol. The molecule has 3 aromatic rings. The van der Waals surface area contributed by atoms with Gasteiger partial charge in [0.1, 0.15) is 5.82 Å². The third kappa shape index (κ3) is 4.41. The second-order valence-electron chi connectivity index (χ2n) is 7.06. The maximum absolute atomic E-state index is 14.3. The van der Waals surface area contributed by atoms with E-state index < -0.39 is 33.4 Å². The Morgan fingerprint density at radius 3 is 2.65 bits per heavy atom. The number of amides is 1. The highest BCUT2D eigenvalue weighted by molar-refractivity contribution is 8.00. The average Bonchev–Trinajstić information content (AvgIpc) is 3.50. The van der Waals surface area contributed by atoms with Gasteiger partial charge in [-0.2, -0.15) is 4.39 Å². The first kappa shape index (κ1) is 20.9. The van der Waals surface area contributed by atoms with Crippen LogP contribution in [0.2, 0.25) is 0 Å². The number of hydrogen-bond acceptors (Lipinski definition) is 6. The second-order valence-corrected chi connectivity index (χ2v) is 8.37. The molecule has 1 aromatic heterocycles. The van der Waals surface area contributed by atoms with Gasteiger partial charge >= 0.3 is 5.69 Å². The Hall–Kier alpha value is -3.34. The Labute approximate surface area is 179 Å². The maximum atomic E-state index is 14.3. The molecule has 1 fully saturated rings. The Balaban J connectivity index is 1.53. The van der Waals surface area contributed by atoms with E-state index in [2.05, 4.69) is 15.5 Å². The van der Waals surface area contributed by atoms with Crippen molar-refractivity contribution < 1.29 is 18.5 Å². The molecule has 1 atom stereocenters. The van der Waals surface area contributed by atoms with Crippen LogP contribution in [0.15, 0.2) is 47.6 Å². The third-order valence-corrected chi connectivity index (χ3v) is 5.81. The number of carbonyl (C=O) groups excluding carboxylic acids is 1. The molecule has 0 aliphatic heterocycles. The molecule has 1 heterocycles. The number of halogens is 2. The molecule has 0 saturated heterocycles. The summed E-state index contributed by atoms with van der Waals surface area (Å²) in [5.41, 5.74) is -0.271. The highest BCUT2D eigenvalue weighted by Crippen LogP contribution is 2.42. The molecule has 2 aromatic carbocycles. The van der Waals surface area contributed by atoms with Crippen LogP contribution in [0.3, 0.4) is 0 Å². The summed E-state index contributed by atoms with van der Waals surface area (Å²) < 4.78 is 29.6. The number of thioether (sulfide) groups is 1. The molecule has 0 spiro atoms. The van der Waals surface area contributed by atoms with Crippen molar-refractivity contribution in [3.05, 3.63) is 64.2 Å². The van der Waals surface area contributed by atoms with Crippen LogP contribution in [0.1, 0.15) is 25.8 Å². The molecule has 11 heteroatoms. The Kier molecular flexibility index (Phi) is 5.68. The van der Waals surface area contributed by atoms with Gasteiger partial charge in [0.25, 0.3) is 0 Å². The second kappa shape index (κ2) is 8.42. The molecule has 160 valence electrons. The normalized spacial score (nSPS) is 14.3. The number of nitrogens with one attached hydrogen (secondary N) is 1. The highest BCUT2D eigenvalue weighted by Gasteiger charge is 2.32. The quantitative estimate of drug-likeness (QED) is 0.324. The first-order valence-corrected chi connectivity index (χ1v) is 10.3. The lowest BCUT2D eigenvalue weighted by Gasteiger charge is -2.13. The highest BCUT2D eigenvalue weighted by atomic mass is 32.2. The van der Waals surface area contributed by atoms with Crippen LogP contribution in [0.4, 0.5) is 20.2 Å². The van der Waals surface area contributed by atoms with Crippen molar-refractivity contribution in [1.82, 2.24) is 14.8 Å². The molecule has 8 nitrogen and oxygen atoms in total. The number of nitro benzene ring substituents is 1.